The molecule has 0 saturated heterocycles. The summed E-state index contributed by atoms with van der Waals surface area (Å²) in [5.74, 6) is 0.607. The molecule has 0 spiro atoms. The summed E-state index contributed by atoms with van der Waals surface area (Å²) in [4.78, 5) is 18.1. The van der Waals surface area contributed by atoms with Gasteiger partial charge in [0.15, 0.2) is 0 Å². The molecule has 3 rings (SSSR count). The number of rotatable bonds is 5. The molecule has 1 amide bonds. The van der Waals surface area contributed by atoms with E-state index >= 15 is 0 Å². The van der Waals surface area contributed by atoms with Gasteiger partial charge in [-0.05, 0) is 45.4 Å². The third-order valence-electron chi connectivity index (χ3n) is 3.31. The molecule has 0 aliphatic heterocycles. The predicted octanol–water partition coefficient (Wildman–Crippen LogP) is 3.57. The minimum Gasteiger partial charge on any atom is -0.332 e. The van der Waals surface area contributed by atoms with Gasteiger partial charge in [-0.25, -0.2) is 0 Å². The van der Waals surface area contributed by atoms with E-state index in [9.17, 15) is 4.79 Å². The van der Waals surface area contributed by atoms with Gasteiger partial charge in [0.1, 0.15) is 0 Å². The molecule has 0 aliphatic carbocycles. The summed E-state index contributed by atoms with van der Waals surface area (Å²) in [7, 11) is 1.74. The van der Waals surface area contributed by atoms with Crippen LogP contribution in [0.1, 0.15) is 0 Å². The highest BCUT2D eigenvalue weighted by Gasteiger charge is 2.15. The highest BCUT2D eigenvalue weighted by molar-refractivity contribution is 9.10. The van der Waals surface area contributed by atoms with E-state index in [0.717, 1.165) is 10.0 Å². The number of carbonyl (C=O) groups is 1. The number of hydrogen-bond acceptors (Lipinski definition) is 5. The van der Waals surface area contributed by atoms with Crippen LogP contribution in [0.3, 0.4) is 0 Å². The van der Waals surface area contributed by atoms with Gasteiger partial charge in [-0.2, -0.15) is 4.98 Å². The summed E-state index contributed by atoms with van der Waals surface area (Å²) in [6, 6.07) is 16.9. The fourth-order valence-corrected chi connectivity index (χ4v) is 2.49. The summed E-state index contributed by atoms with van der Waals surface area (Å²) in [6.45, 7) is 0.106. The van der Waals surface area contributed by atoms with Crippen molar-refractivity contribution in [1.82, 2.24) is 10.1 Å². The van der Waals surface area contributed by atoms with Gasteiger partial charge in [0.05, 0.1) is 12.2 Å². The molecule has 0 unspecified atom stereocenters. The lowest BCUT2D eigenvalue weighted by Crippen LogP contribution is -2.30. The molecular formula is C17H15BrN4O2. The normalized spacial score (nSPS) is 10.4. The second-order valence-corrected chi connectivity index (χ2v) is 6.00. The largest absolute Gasteiger partial charge is 0.332 e. The average Bonchev–Trinajstić information content (AvgIpc) is 3.08. The number of carbonyl (C=O) groups excluding carboxylic acids is 1. The number of aromatic nitrogens is 2. The monoisotopic (exact) mass is 386 g/mol. The Balaban J connectivity index is 1.65. The van der Waals surface area contributed by atoms with Crippen molar-refractivity contribution in [3.05, 3.63) is 59.1 Å². The van der Waals surface area contributed by atoms with E-state index in [1.165, 1.54) is 0 Å². The van der Waals surface area contributed by atoms with Crippen LogP contribution >= 0.6 is 15.9 Å². The zero-order chi connectivity index (χ0) is 16.9. The molecule has 122 valence electrons. The van der Waals surface area contributed by atoms with E-state index in [0.29, 0.717) is 17.5 Å². The van der Waals surface area contributed by atoms with Crippen LogP contribution in [0.2, 0.25) is 0 Å². The lowest BCUT2D eigenvalue weighted by atomic mass is 10.2. The predicted molar refractivity (Wildman–Crippen MR) is 95.8 cm³/mol. The van der Waals surface area contributed by atoms with Crippen LogP contribution in [0, 0.1) is 0 Å². The molecule has 0 radical (unpaired) electrons. The van der Waals surface area contributed by atoms with Crippen molar-refractivity contribution in [3.63, 3.8) is 0 Å². The van der Waals surface area contributed by atoms with Gasteiger partial charge in [0.25, 0.3) is 11.8 Å². The zero-order valence-corrected chi connectivity index (χ0v) is 14.5. The van der Waals surface area contributed by atoms with Crippen LogP contribution in [-0.2, 0) is 4.79 Å². The number of anilines is 2. The average molecular weight is 387 g/mol. The molecule has 3 aromatic rings. The van der Waals surface area contributed by atoms with Gasteiger partial charge in [-0.3, -0.25) is 4.79 Å². The van der Waals surface area contributed by atoms with Crippen LogP contribution in [0.5, 0.6) is 0 Å². The van der Waals surface area contributed by atoms with Gasteiger partial charge in [0.2, 0.25) is 5.91 Å². The number of benzene rings is 2. The standard InChI is InChI=1S/C17H15BrN4O2/c1-22(11-15(23)19-14-10-6-5-9-13(14)18)17-20-16(24-21-17)12-7-3-2-4-8-12/h2-10H,11H2,1H3,(H,19,23). The van der Waals surface area contributed by atoms with E-state index < -0.39 is 0 Å². The van der Waals surface area contributed by atoms with Crippen LogP contribution in [0.4, 0.5) is 11.6 Å². The van der Waals surface area contributed by atoms with E-state index in [2.05, 4.69) is 31.4 Å². The number of para-hydroxylation sites is 1. The van der Waals surface area contributed by atoms with Gasteiger partial charge in [-0.15, -0.1) is 0 Å². The first-order valence-electron chi connectivity index (χ1n) is 7.28. The molecule has 1 N–H and O–H groups in total. The van der Waals surface area contributed by atoms with Crippen LogP contribution < -0.4 is 10.2 Å². The topological polar surface area (TPSA) is 71.3 Å². The SMILES string of the molecule is CN(CC(=O)Nc1ccccc1Br)c1noc(-c2ccccc2)n1. The first-order chi connectivity index (χ1) is 11.6. The number of nitrogens with zero attached hydrogens (tertiary/aromatic N) is 3. The Kier molecular flexibility index (Phi) is 4.90. The molecule has 0 atom stereocenters. The van der Waals surface area contributed by atoms with E-state index in [1.54, 1.807) is 11.9 Å². The molecule has 24 heavy (non-hydrogen) atoms. The van der Waals surface area contributed by atoms with Gasteiger partial charge in [-0.1, -0.05) is 30.3 Å². The Labute approximate surface area is 147 Å². The number of hydrogen-bond donors (Lipinski definition) is 1. The number of nitrogens with one attached hydrogen (secondary N) is 1. The maximum absolute atomic E-state index is 12.2. The highest BCUT2D eigenvalue weighted by Crippen LogP contribution is 2.22. The molecule has 7 heteroatoms. The third-order valence-corrected chi connectivity index (χ3v) is 4.00. The van der Waals surface area contributed by atoms with Gasteiger partial charge >= 0.3 is 0 Å². The molecule has 1 heterocycles. The van der Waals surface area contributed by atoms with Crippen LogP contribution in [0.25, 0.3) is 11.5 Å². The van der Waals surface area contributed by atoms with Crippen molar-refractivity contribution >= 4 is 33.5 Å². The smallest absolute Gasteiger partial charge is 0.266 e. The summed E-state index contributed by atoms with van der Waals surface area (Å²) < 4.78 is 6.07. The zero-order valence-electron chi connectivity index (χ0n) is 12.9. The van der Waals surface area contributed by atoms with Crippen molar-refractivity contribution in [2.45, 2.75) is 0 Å². The quantitative estimate of drug-likeness (QED) is 0.725. The van der Waals surface area contributed by atoms with Crippen molar-refractivity contribution in [1.29, 1.82) is 0 Å². The highest BCUT2D eigenvalue weighted by atomic mass is 79.9. The Hall–Kier alpha value is -2.67. The maximum atomic E-state index is 12.2. The molecule has 0 saturated carbocycles. The number of likely N-dealkylation sites (N-methyl/N-ethyl adjacent to an activating group) is 1. The fraction of sp³-hybridized carbons (Fsp3) is 0.118. The first kappa shape index (κ1) is 16.2. The maximum Gasteiger partial charge on any atom is 0.266 e. The van der Waals surface area contributed by atoms with Gasteiger partial charge < -0.3 is 14.7 Å². The third kappa shape index (κ3) is 3.80. The Morgan fingerprint density at radius 3 is 2.62 bits per heavy atom. The minimum atomic E-state index is -0.171. The van der Waals surface area contributed by atoms with Crippen LogP contribution in [-0.4, -0.2) is 29.6 Å². The van der Waals surface area contributed by atoms with Crippen LogP contribution in [0.15, 0.2) is 63.6 Å². The van der Waals surface area contributed by atoms with E-state index in [4.69, 9.17) is 4.52 Å². The first-order valence-corrected chi connectivity index (χ1v) is 8.07. The number of halogens is 1. The number of amides is 1. The Bertz CT molecular complexity index is 835. The summed E-state index contributed by atoms with van der Waals surface area (Å²) >= 11 is 3.40. The molecule has 0 aliphatic rings. The Morgan fingerprint density at radius 1 is 1.17 bits per heavy atom. The fourth-order valence-electron chi connectivity index (χ4n) is 2.11. The Morgan fingerprint density at radius 2 is 1.88 bits per heavy atom. The van der Waals surface area contributed by atoms with Crippen molar-refractivity contribution in [3.8, 4) is 11.5 Å². The van der Waals surface area contributed by atoms with Crippen molar-refractivity contribution in [2.75, 3.05) is 23.8 Å². The second kappa shape index (κ2) is 7.27. The summed E-state index contributed by atoms with van der Waals surface area (Å²) in [5.41, 5.74) is 1.55. The summed E-state index contributed by atoms with van der Waals surface area (Å²) in [6.07, 6.45) is 0. The molecule has 1 aromatic heterocycles. The minimum absolute atomic E-state index is 0.106. The summed E-state index contributed by atoms with van der Waals surface area (Å²) in [5, 5.41) is 6.76. The van der Waals surface area contributed by atoms with Gasteiger partial charge in [0, 0.05) is 17.1 Å². The molecule has 0 fully saturated rings. The lowest BCUT2D eigenvalue weighted by molar-refractivity contribution is -0.114. The molecule has 0 bridgehead atoms. The second-order valence-electron chi connectivity index (χ2n) is 5.15. The molecule has 2 aromatic carbocycles. The van der Waals surface area contributed by atoms with Crippen molar-refractivity contribution < 1.29 is 9.32 Å². The lowest BCUT2D eigenvalue weighted by Gasteiger charge is -2.14. The van der Waals surface area contributed by atoms with E-state index in [1.807, 2.05) is 54.6 Å². The van der Waals surface area contributed by atoms with Crippen molar-refractivity contribution in [2.24, 2.45) is 0 Å². The van der Waals surface area contributed by atoms with E-state index in [-0.39, 0.29) is 12.5 Å². The molecular weight excluding hydrogens is 372 g/mol. The molecule has 6 nitrogen and oxygen atoms in total.